The number of ether oxygens (including phenoxy) is 1. The molecule has 1 aromatic heterocycles. The van der Waals surface area contributed by atoms with Crippen molar-refractivity contribution >= 4 is 11.6 Å². The Bertz CT molecular complexity index is 722. The molecule has 6 nitrogen and oxygen atoms in total. The van der Waals surface area contributed by atoms with Crippen molar-refractivity contribution in [1.29, 1.82) is 0 Å². The van der Waals surface area contributed by atoms with Gasteiger partial charge in [0, 0.05) is 36.0 Å². The van der Waals surface area contributed by atoms with Gasteiger partial charge in [0.15, 0.2) is 5.82 Å². The minimum Gasteiger partial charge on any atom is -0.493 e. The van der Waals surface area contributed by atoms with Gasteiger partial charge in [-0.1, -0.05) is 11.6 Å². The molecular formula is C17H24ClN5O. The van der Waals surface area contributed by atoms with Crippen molar-refractivity contribution < 1.29 is 4.74 Å². The average Bonchev–Trinajstić information content (AvgIpc) is 3.14. The zero-order valence-electron chi connectivity index (χ0n) is 14.6. The van der Waals surface area contributed by atoms with Crippen LogP contribution in [0.25, 0.3) is 0 Å². The Morgan fingerprint density at radius 3 is 2.88 bits per heavy atom. The van der Waals surface area contributed by atoms with Gasteiger partial charge in [-0.3, -0.25) is 0 Å². The molecule has 0 saturated carbocycles. The van der Waals surface area contributed by atoms with E-state index in [-0.39, 0.29) is 11.6 Å². The van der Waals surface area contributed by atoms with E-state index >= 15 is 0 Å². The Kier molecular flexibility index (Phi) is 4.78. The molecule has 0 radical (unpaired) electrons. The van der Waals surface area contributed by atoms with Crippen molar-refractivity contribution in [1.82, 2.24) is 25.5 Å². The minimum atomic E-state index is -0.148. The largest absolute Gasteiger partial charge is 0.493 e. The second kappa shape index (κ2) is 6.69. The first-order valence-corrected chi connectivity index (χ1v) is 8.70. The first-order valence-electron chi connectivity index (χ1n) is 8.32. The lowest BCUT2D eigenvalue weighted by Gasteiger charge is -2.17. The van der Waals surface area contributed by atoms with Crippen molar-refractivity contribution in [2.24, 2.45) is 0 Å². The van der Waals surface area contributed by atoms with Crippen LogP contribution < -0.4 is 10.1 Å². The molecule has 2 heterocycles. The first-order chi connectivity index (χ1) is 11.3. The highest BCUT2D eigenvalue weighted by molar-refractivity contribution is 6.30. The molecule has 0 aliphatic carbocycles. The maximum atomic E-state index is 6.23. The number of tetrazole rings is 1. The summed E-state index contributed by atoms with van der Waals surface area (Å²) < 4.78 is 5.77. The van der Waals surface area contributed by atoms with Gasteiger partial charge >= 0.3 is 0 Å². The van der Waals surface area contributed by atoms with E-state index in [1.165, 1.54) is 5.56 Å². The number of hydrogen-bond donors (Lipinski definition) is 1. The number of nitrogens with zero attached hydrogens (tertiary/aromatic N) is 4. The zero-order chi connectivity index (χ0) is 17.3. The molecule has 0 spiro atoms. The molecule has 0 saturated heterocycles. The second-order valence-electron chi connectivity index (χ2n) is 7.17. The molecule has 0 bridgehead atoms. The SMILES string of the molecule is CC(NCCc1nnn(C(C)(C)C)n1)c1cc(Cl)cc2c1OCC2. The van der Waals surface area contributed by atoms with E-state index in [9.17, 15) is 0 Å². The van der Waals surface area contributed by atoms with E-state index in [2.05, 4.69) is 48.4 Å². The smallest absolute Gasteiger partial charge is 0.176 e. The Morgan fingerprint density at radius 1 is 1.38 bits per heavy atom. The molecule has 1 atom stereocenters. The third kappa shape index (κ3) is 3.70. The van der Waals surface area contributed by atoms with Crippen molar-refractivity contribution in [3.8, 4) is 5.75 Å². The van der Waals surface area contributed by atoms with Gasteiger partial charge in [-0.2, -0.15) is 4.80 Å². The fourth-order valence-electron chi connectivity index (χ4n) is 2.76. The highest BCUT2D eigenvalue weighted by Gasteiger charge is 2.21. The van der Waals surface area contributed by atoms with E-state index in [0.29, 0.717) is 0 Å². The standard InChI is InChI=1S/C17H24ClN5O/c1-11(14-10-13(18)9-12-6-8-24-16(12)14)19-7-5-15-20-22-23(21-15)17(2,3)4/h9-11,19H,5-8H2,1-4H3. The number of halogens is 1. The van der Waals surface area contributed by atoms with Crippen LogP contribution in [0, 0.1) is 0 Å². The van der Waals surface area contributed by atoms with Gasteiger partial charge < -0.3 is 10.1 Å². The minimum absolute atomic E-state index is 0.146. The van der Waals surface area contributed by atoms with E-state index in [1.807, 2.05) is 12.1 Å². The summed E-state index contributed by atoms with van der Waals surface area (Å²) in [6.45, 7) is 9.77. The number of fused-ring (bicyclic) bond motifs is 1. The van der Waals surface area contributed by atoms with Crippen LogP contribution >= 0.6 is 11.6 Å². The summed E-state index contributed by atoms with van der Waals surface area (Å²) in [5, 5.41) is 16.9. The summed E-state index contributed by atoms with van der Waals surface area (Å²) in [5.74, 6) is 1.73. The summed E-state index contributed by atoms with van der Waals surface area (Å²) in [6, 6.07) is 4.13. The monoisotopic (exact) mass is 349 g/mol. The predicted molar refractivity (Wildman–Crippen MR) is 93.6 cm³/mol. The van der Waals surface area contributed by atoms with Crippen molar-refractivity contribution in [2.45, 2.75) is 52.1 Å². The molecule has 0 fully saturated rings. The van der Waals surface area contributed by atoms with Crippen LogP contribution in [0.5, 0.6) is 5.75 Å². The van der Waals surface area contributed by atoms with Gasteiger partial charge in [0.2, 0.25) is 0 Å². The maximum absolute atomic E-state index is 6.23. The first kappa shape index (κ1) is 17.2. The lowest BCUT2D eigenvalue weighted by atomic mass is 10.0. The number of rotatable bonds is 5. The topological polar surface area (TPSA) is 64.9 Å². The van der Waals surface area contributed by atoms with Gasteiger partial charge in [-0.05, 0) is 50.6 Å². The van der Waals surface area contributed by atoms with Gasteiger partial charge in [-0.15, -0.1) is 10.2 Å². The average molecular weight is 350 g/mol. The normalized spacial score (nSPS) is 15.2. The van der Waals surface area contributed by atoms with Crippen LogP contribution in [0.4, 0.5) is 0 Å². The lowest BCUT2D eigenvalue weighted by Crippen LogP contribution is -2.25. The number of nitrogens with one attached hydrogen (secondary N) is 1. The molecule has 1 aliphatic heterocycles. The molecule has 24 heavy (non-hydrogen) atoms. The van der Waals surface area contributed by atoms with Crippen LogP contribution in [-0.4, -0.2) is 33.4 Å². The van der Waals surface area contributed by atoms with Crippen LogP contribution in [0.3, 0.4) is 0 Å². The highest BCUT2D eigenvalue weighted by atomic mass is 35.5. The highest BCUT2D eigenvalue weighted by Crippen LogP contribution is 2.36. The van der Waals surface area contributed by atoms with Crippen LogP contribution in [-0.2, 0) is 18.4 Å². The Hall–Kier alpha value is -1.66. The summed E-state index contributed by atoms with van der Waals surface area (Å²) in [4.78, 5) is 1.66. The zero-order valence-corrected chi connectivity index (χ0v) is 15.4. The lowest BCUT2D eigenvalue weighted by molar-refractivity contribution is 0.305. The van der Waals surface area contributed by atoms with E-state index in [1.54, 1.807) is 4.80 Å². The molecule has 1 aromatic carbocycles. The molecule has 130 valence electrons. The molecule has 0 amide bonds. The van der Waals surface area contributed by atoms with E-state index < -0.39 is 0 Å². The summed E-state index contributed by atoms with van der Waals surface area (Å²) in [7, 11) is 0. The van der Waals surface area contributed by atoms with Gasteiger partial charge in [0.25, 0.3) is 0 Å². The predicted octanol–water partition coefficient (Wildman–Crippen LogP) is 2.91. The number of hydrogen-bond acceptors (Lipinski definition) is 5. The molecular weight excluding hydrogens is 326 g/mol. The molecule has 7 heteroatoms. The fourth-order valence-corrected chi connectivity index (χ4v) is 3.01. The Labute approximate surface area is 147 Å². The third-order valence-electron chi connectivity index (χ3n) is 4.10. The third-order valence-corrected chi connectivity index (χ3v) is 4.32. The van der Waals surface area contributed by atoms with Crippen molar-refractivity contribution in [2.75, 3.05) is 13.2 Å². The van der Waals surface area contributed by atoms with Crippen LogP contribution in [0.2, 0.25) is 5.02 Å². The molecule has 1 aliphatic rings. The van der Waals surface area contributed by atoms with Gasteiger partial charge in [0.1, 0.15) is 5.75 Å². The van der Waals surface area contributed by atoms with Gasteiger partial charge in [-0.25, -0.2) is 0 Å². The summed E-state index contributed by atoms with van der Waals surface area (Å²) in [6.07, 6.45) is 1.65. The van der Waals surface area contributed by atoms with Crippen LogP contribution in [0.15, 0.2) is 12.1 Å². The van der Waals surface area contributed by atoms with E-state index in [0.717, 1.165) is 48.2 Å². The van der Waals surface area contributed by atoms with Crippen molar-refractivity contribution in [3.05, 3.63) is 34.1 Å². The fraction of sp³-hybridized carbons (Fsp3) is 0.588. The quantitative estimate of drug-likeness (QED) is 0.899. The van der Waals surface area contributed by atoms with Gasteiger partial charge in [0.05, 0.1) is 12.1 Å². The number of benzene rings is 1. The maximum Gasteiger partial charge on any atom is 0.176 e. The van der Waals surface area contributed by atoms with Crippen LogP contribution in [0.1, 0.15) is 50.7 Å². The van der Waals surface area contributed by atoms with E-state index in [4.69, 9.17) is 16.3 Å². The molecule has 1 N–H and O–H groups in total. The number of aromatic nitrogens is 4. The molecule has 3 rings (SSSR count). The summed E-state index contributed by atoms with van der Waals surface area (Å²) >= 11 is 6.23. The molecule has 2 aromatic rings. The molecule has 1 unspecified atom stereocenters. The Balaban J connectivity index is 1.61. The Morgan fingerprint density at radius 2 is 2.17 bits per heavy atom. The summed E-state index contributed by atoms with van der Waals surface area (Å²) in [5.41, 5.74) is 2.16. The van der Waals surface area contributed by atoms with Crippen molar-refractivity contribution in [3.63, 3.8) is 0 Å². The second-order valence-corrected chi connectivity index (χ2v) is 7.61.